The predicted octanol–water partition coefficient (Wildman–Crippen LogP) is 16.3. The molecule has 10 aromatic carbocycles. The summed E-state index contributed by atoms with van der Waals surface area (Å²) in [7, 11) is 0. The van der Waals surface area contributed by atoms with Crippen LogP contribution in [0.3, 0.4) is 0 Å². The van der Waals surface area contributed by atoms with Crippen LogP contribution in [0.5, 0.6) is 11.5 Å². The quantitative estimate of drug-likeness (QED) is 0.164. The minimum Gasteiger partial charge on any atom is -0.453 e. The van der Waals surface area contributed by atoms with Crippen molar-refractivity contribution in [3.05, 3.63) is 231 Å². The number of fused-ring (bicyclic) bond motifs is 9. The van der Waals surface area contributed by atoms with Gasteiger partial charge in [-0.2, -0.15) is 0 Å². The fourth-order valence-electron chi connectivity index (χ4n) is 10.0. The van der Waals surface area contributed by atoms with Crippen LogP contribution in [0.2, 0.25) is 0 Å². The summed E-state index contributed by atoms with van der Waals surface area (Å²) in [5.74, 6) is 1.73. The Morgan fingerprint density at radius 2 is 0.714 bits per heavy atom. The highest BCUT2D eigenvalue weighted by molar-refractivity contribution is 6.30. The molecule has 0 unspecified atom stereocenters. The zero-order chi connectivity index (χ0) is 41.4. The molecule has 3 heterocycles. The van der Waals surface area contributed by atoms with E-state index in [4.69, 9.17) is 4.74 Å². The van der Waals surface area contributed by atoms with Gasteiger partial charge in [0.15, 0.2) is 11.5 Å². The molecule has 1 aliphatic heterocycles. The van der Waals surface area contributed by atoms with E-state index in [-0.39, 0.29) is 0 Å². The third-order valence-corrected chi connectivity index (χ3v) is 12.8. The van der Waals surface area contributed by atoms with E-state index in [0.717, 1.165) is 45.0 Å². The van der Waals surface area contributed by atoms with Crippen LogP contribution in [0, 0.1) is 0 Å². The lowest BCUT2D eigenvalue weighted by atomic mass is 9.92. The number of hydrogen-bond donors (Lipinski definition) is 0. The van der Waals surface area contributed by atoms with Crippen LogP contribution in [0.4, 0.5) is 0 Å². The van der Waals surface area contributed by atoms with Crippen molar-refractivity contribution in [1.82, 2.24) is 9.13 Å². The van der Waals surface area contributed by atoms with Crippen LogP contribution in [0.1, 0.15) is 0 Å². The summed E-state index contributed by atoms with van der Waals surface area (Å²) in [6.07, 6.45) is 0. The summed E-state index contributed by atoms with van der Waals surface area (Å²) in [6.45, 7) is 0. The van der Waals surface area contributed by atoms with Gasteiger partial charge in [0.2, 0.25) is 0 Å². The van der Waals surface area contributed by atoms with Crippen LogP contribution in [-0.2, 0) is 0 Å². The first-order valence-corrected chi connectivity index (χ1v) is 21.6. The second-order valence-corrected chi connectivity index (χ2v) is 16.5. The standard InChI is InChI=1S/C60H38N2O/c1-3-16-39(17-4-1)46-34-47(40-18-5-2-6-19-40)36-48(35-46)44-23-14-21-42(33-44)41-20-13-22-43(32-41)45-24-15-25-49(37-45)61-52-28-9-7-26-50(52)58-55(61)38-57-60-59(58)51-27-8-10-29-53(51)62(60)54-30-11-12-31-56(54)63-57/h1-38H. The Morgan fingerprint density at radius 3 is 1.35 bits per heavy atom. The molecule has 0 atom stereocenters. The molecule has 0 saturated carbocycles. The Balaban J connectivity index is 0.931. The third kappa shape index (κ3) is 5.67. The molecule has 0 bridgehead atoms. The van der Waals surface area contributed by atoms with E-state index in [9.17, 15) is 0 Å². The molecule has 1 aliphatic rings. The number of aromatic nitrogens is 2. The zero-order valence-corrected chi connectivity index (χ0v) is 34.2. The minimum absolute atomic E-state index is 0.861. The molecule has 0 spiro atoms. The van der Waals surface area contributed by atoms with Crippen LogP contribution in [0.25, 0.3) is 111 Å². The molecule has 0 amide bonds. The average Bonchev–Trinajstić information content (AvgIpc) is 3.88. The van der Waals surface area contributed by atoms with E-state index in [1.54, 1.807) is 0 Å². The second-order valence-electron chi connectivity index (χ2n) is 16.5. The molecule has 0 radical (unpaired) electrons. The molecule has 294 valence electrons. The van der Waals surface area contributed by atoms with Gasteiger partial charge in [-0.15, -0.1) is 0 Å². The molecular weight excluding hydrogens is 765 g/mol. The lowest BCUT2D eigenvalue weighted by Crippen LogP contribution is -2.04. The Labute approximate surface area is 365 Å². The molecule has 3 nitrogen and oxygen atoms in total. The van der Waals surface area contributed by atoms with Gasteiger partial charge in [0, 0.05) is 33.3 Å². The van der Waals surface area contributed by atoms with Crippen LogP contribution >= 0.6 is 0 Å². The van der Waals surface area contributed by atoms with Gasteiger partial charge in [-0.25, -0.2) is 0 Å². The molecular formula is C60H38N2O. The number of benzene rings is 10. The minimum atomic E-state index is 0.861. The Bertz CT molecular complexity index is 3700. The summed E-state index contributed by atoms with van der Waals surface area (Å²) in [5, 5.41) is 4.90. The number of hydrogen-bond acceptors (Lipinski definition) is 1. The topological polar surface area (TPSA) is 19.1 Å². The van der Waals surface area contributed by atoms with Gasteiger partial charge in [-0.1, -0.05) is 158 Å². The lowest BCUT2D eigenvalue weighted by molar-refractivity contribution is 0.477. The van der Waals surface area contributed by atoms with E-state index in [0.29, 0.717) is 0 Å². The molecule has 0 fully saturated rings. The van der Waals surface area contributed by atoms with Gasteiger partial charge < -0.3 is 13.9 Å². The molecule has 3 heteroatoms. The van der Waals surface area contributed by atoms with E-state index in [1.165, 1.54) is 77.1 Å². The van der Waals surface area contributed by atoms with Crippen molar-refractivity contribution in [2.24, 2.45) is 0 Å². The average molecular weight is 803 g/mol. The smallest absolute Gasteiger partial charge is 0.154 e. The van der Waals surface area contributed by atoms with Crippen LogP contribution in [-0.4, -0.2) is 9.13 Å². The van der Waals surface area contributed by atoms with Crippen LogP contribution in [0.15, 0.2) is 231 Å². The fraction of sp³-hybridized carbons (Fsp3) is 0. The van der Waals surface area contributed by atoms with Crippen LogP contribution < -0.4 is 4.74 Å². The normalized spacial score (nSPS) is 11.9. The molecule has 2 aromatic heterocycles. The number of rotatable bonds is 6. The van der Waals surface area contributed by atoms with E-state index < -0.39 is 0 Å². The SMILES string of the molecule is c1ccc(-c2cc(-c3ccccc3)cc(-c3cccc(-c4cccc(-c5cccc(-n6c7ccccc7c7c8c9ccccc9n9c8c(cc76)Oc6ccccc6-9)c5)c4)c3)c2)cc1. The van der Waals surface area contributed by atoms with Crippen molar-refractivity contribution in [1.29, 1.82) is 0 Å². The largest absolute Gasteiger partial charge is 0.453 e. The summed E-state index contributed by atoms with van der Waals surface area (Å²) in [4.78, 5) is 0. The maximum atomic E-state index is 6.78. The van der Waals surface area contributed by atoms with Gasteiger partial charge in [-0.3, -0.25) is 0 Å². The third-order valence-electron chi connectivity index (χ3n) is 12.8. The van der Waals surface area contributed by atoms with E-state index >= 15 is 0 Å². The number of nitrogens with zero attached hydrogens (tertiary/aromatic N) is 2. The zero-order valence-electron chi connectivity index (χ0n) is 34.2. The molecule has 63 heavy (non-hydrogen) atoms. The maximum Gasteiger partial charge on any atom is 0.154 e. The first kappa shape index (κ1) is 35.4. The van der Waals surface area contributed by atoms with Crippen molar-refractivity contribution in [3.63, 3.8) is 0 Å². The number of ether oxygens (including phenoxy) is 1. The molecule has 0 aliphatic carbocycles. The molecule has 0 saturated heterocycles. The van der Waals surface area contributed by atoms with Gasteiger partial charge in [0.1, 0.15) is 0 Å². The highest BCUT2D eigenvalue weighted by atomic mass is 16.5. The van der Waals surface area contributed by atoms with Gasteiger partial charge in [0.05, 0.1) is 27.8 Å². The maximum absolute atomic E-state index is 6.78. The first-order chi connectivity index (χ1) is 31.2. The van der Waals surface area contributed by atoms with E-state index in [2.05, 4.69) is 234 Å². The highest BCUT2D eigenvalue weighted by Gasteiger charge is 2.28. The molecule has 12 aromatic rings. The Kier molecular flexibility index (Phi) is 7.91. The monoisotopic (exact) mass is 802 g/mol. The van der Waals surface area contributed by atoms with Gasteiger partial charge in [-0.05, 0) is 122 Å². The Hall–Kier alpha value is -8.40. The lowest BCUT2D eigenvalue weighted by Gasteiger charge is -2.21. The van der Waals surface area contributed by atoms with E-state index in [1.807, 2.05) is 6.07 Å². The molecule has 13 rings (SSSR count). The summed E-state index contributed by atoms with van der Waals surface area (Å²) in [5.41, 5.74) is 18.6. The van der Waals surface area contributed by atoms with Crippen molar-refractivity contribution in [2.45, 2.75) is 0 Å². The highest BCUT2D eigenvalue weighted by Crippen LogP contribution is 2.50. The first-order valence-electron chi connectivity index (χ1n) is 21.6. The van der Waals surface area contributed by atoms with Crippen molar-refractivity contribution >= 4 is 43.6 Å². The van der Waals surface area contributed by atoms with Crippen molar-refractivity contribution in [2.75, 3.05) is 0 Å². The van der Waals surface area contributed by atoms with Crippen molar-refractivity contribution in [3.8, 4) is 78.5 Å². The summed E-state index contributed by atoms with van der Waals surface area (Å²) >= 11 is 0. The molecule has 0 N–H and O–H groups in total. The Morgan fingerprint density at radius 1 is 0.270 bits per heavy atom. The number of para-hydroxylation sites is 4. The summed E-state index contributed by atoms with van der Waals surface area (Å²) in [6, 6.07) is 83.3. The fourth-order valence-corrected chi connectivity index (χ4v) is 10.0. The van der Waals surface area contributed by atoms with Gasteiger partial charge in [0.25, 0.3) is 0 Å². The van der Waals surface area contributed by atoms with Crippen molar-refractivity contribution < 1.29 is 4.74 Å². The predicted molar refractivity (Wildman–Crippen MR) is 262 cm³/mol. The second kappa shape index (κ2) is 14.1. The van der Waals surface area contributed by atoms with Gasteiger partial charge >= 0.3 is 0 Å². The summed E-state index contributed by atoms with van der Waals surface area (Å²) < 4.78 is 11.6.